The molecule has 1 atom stereocenters. The Labute approximate surface area is 105 Å². The maximum atomic E-state index is 4.43. The summed E-state index contributed by atoms with van der Waals surface area (Å²) in [7, 11) is 0. The molecule has 0 saturated heterocycles. The van der Waals surface area contributed by atoms with Crippen LogP contribution in [0.1, 0.15) is 50.8 Å². The Bertz CT molecular complexity index is 295. The molecular formula is C15H24N2. The van der Waals surface area contributed by atoms with Gasteiger partial charge in [-0.05, 0) is 37.9 Å². The minimum Gasteiger partial charge on any atom is -0.309 e. The van der Waals surface area contributed by atoms with Crippen molar-refractivity contribution in [3.63, 3.8) is 0 Å². The summed E-state index contributed by atoms with van der Waals surface area (Å²) >= 11 is 0. The third-order valence-corrected chi connectivity index (χ3v) is 2.90. The molecule has 94 valence electrons. The predicted octanol–water partition coefficient (Wildman–Crippen LogP) is 3.87. The van der Waals surface area contributed by atoms with Crippen LogP contribution in [0.4, 0.5) is 0 Å². The Morgan fingerprint density at radius 3 is 2.88 bits per heavy atom. The Hall–Kier alpha value is -1.15. The number of unbranched alkanes of at least 4 members (excludes halogenated alkanes) is 3. The molecule has 2 nitrogen and oxygen atoms in total. The van der Waals surface area contributed by atoms with E-state index >= 15 is 0 Å². The zero-order valence-electron chi connectivity index (χ0n) is 10.9. The van der Waals surface area contributed by atoms with Crippen molar-refractivity contribution in [2.45, 2.75) is 45.1 Å². The quantitative estimate of drug-likeness (QED) is 0.516. The van der Waals surface area contributed by atoms with Crippen molar-refractivity contribution in [2.75, 3.05) is 6.54 Å². The number of hydrogen-bond acceptors (Lipinski definition) is 2. The van der Waals surface area contributed by atoms with Crippen LogP contribution in [0.25, 0.3) is 0 Å². The standard InChI is InChI=1S/C15H24N2/c1-3-5-6-7-8-11-14(16-4-2)15-12-9-10-13-17-15/h3,9-10,12-14,16H,1,4-8,11H2,2H3. The van der Waals surface area contributed by atoms with Gasteiger partial charge in [0.2, 0.25) is 0 Å². The van der Waals surface area contributed by atoms with E-state index in [0.717, 1.165) is 18.7 Å². The van der Waals surface area contributed by atoms with Gasteiger partial charge in [-0.3, -0.25) is 4.98 Å². The molecule has 1 N–H and O–H groups in total. The largest absolute Gasteiger partial charge is 0.309 e. The molecule has 1 rings (SSSR count). The van der Waals surface area contributed by atoms with Gasteiger partial charge in [0.05, 0.1) is 5.69 Å². The normalized spacial score (nSPS) is 12.3. The number of pyridine rings is 1. The average Bonchev–Trinajstić information content (AvgIpc) is 2.38. The van der Waals surface area contributed by atoms with Crippen molar-refractivity contribution in [3.8, 4) is 0 Å². The lowest BCUT2D eigenvalue weighted by atomic mass is 10.0. The van der Waals surface area contributed by atoms with Crippen molar-refractivity contribution >= 4 is 0 Å². The first-order valence-electron chi connectivity index (χ1n) is 6.63. The molecule has 0 radical (unpaired) electrons. The summed E-state index contributed by atoms with van der Waals surface area (Å²) in [4.78, 5) is 4.43. The molecule has 0 amide bonds. The summed E-state index contributed by atoms with van der Waals surface area (Å²) in [5.41, 5.74) is 1.16. The van der Waals surface area contributed by atoms with E-state index in [0.29, 0.717) is 6.04 Å². The predicted molar refractivity (Wildman–Crippen MR) is 73.9 cm³/mol. The fourth-order valence-corrected chi connectivity index (χ4v) is 2.00. The fourth-order valence-electron chi connectivity index (χ4n) is 2.00. The van der Waals surface area contributed by atoms with Crippen molar-refractivity contribution < 1.29 is 0 Å². The molecule has 0 saturated carbocycles. The van der Waals surface area contributed by atoms with Gasteiger partial charge in [0.1, 0.15) is 0 Å². The first-order valence-corrected chi connectivity index (χ1v) is 6.63. The van der Waals surface area contributed by atoms with E-state index < -0.39 is 0 Å². The topological polar surface area (TPSA) is 24.9 Å². The van der Waals surface area contributed by atoms with Crippen LogP contribution in [0.2, 0.25) is 0 Å². The molecule has 1 heterocycles. The van der Waals surface area contributed by atoms with Crippen molar-refractivity contribution in [1.82, 2.24) is 10.3 Å². The Morgan fingerprint density at radius 2 is 2.24 bits per heavy atom. The number of nitrogens with one attached hydrogen (secondary N) is 1. The van der Waals surface area contributed by atoms with Gasteiger partial charge in [0.15, 0.2) is 0 Å². The second-order valence-electron chi connectivity index (χ2n) is 4.29. The third-order valence-electron chi connectivity index (χ3n) is 2.90. The zero-order valence-corrected chi connectivity index (χ0v) is 10.9. The minimum absolute atomic E-state index is 0.407. The van der Waals surface area contributed by atoms with Crippen molar-refractivity contribution in [3.05, 3.63) is 42.7 Å². The van der Waals surface area contributed by atoms with Gasteiger partial charge >= 0.3 is 0 Å². The fraction of sp³-hybridized carbons (Fsp3) is 0.533. The summed E-state index contributed by atoms with van der Waals surface area (Å²) in [6.07, 6.45) is 9.96. The molecule has 1 aromatic heterocycles. The second-order valence-corrected chi connectivity index (χ2v) is 4.29. The number of nitrogens with zero attached hydrogens (tertiary/aromatic N) is 1. The highest BCUT2D eigenvalue weighted by molar-refractivity contribution is 5.08. The SMILES string of the molecule is C=CCCCCCC(NCC)c1ccccn1. The molecule has 1 unspecified atom stereocenters. The van der Waals surface area contributed by atoms with Crippen molar-refractivity contribution in [1.29, 1.82) is 0 Å². The number of allylic oxidation sites excluding steroid dienone is 1. The zero-order chi connectivity index (χ0) is 12.3. The lowest BCUT2D eigenvalue weighted by molar-refractivity contribution is 0.474. The molecule has 0 fully saturated rings. The van der Waals surface area contributed by atoms with E-state index in [1.807, 2.05) is 18.3 Å². The highest BCUT2D eigenvalue weighted by atomic mass is 14.9. The van der Waals surface area contributed by atoms with Crippen LogP contribution < -0.4 is 5.32 Å². The summed E-state index contributed by atoms with van der Waals surface area (Å²) in [5.74, 6) is 0. The molecule has 0 spiro atoms. The molecule has 0 aromatic carbocycles. The van der Waals surface area contributed by atoms with E-state index in [1.165, 1.54) is 25.7 Å². The van der Waals surface area contributed by atoms with Gasteiger partial charge in [0.25, 0.3) is 0 Å². The van der Waals surface area contributed by atoms with E-state index in [1.54, 1.807) is 0 Å². The summed E-state index contributed by atoms with van der Waals surface area (Å²) in [6, 6.07) is 6.54. The lowest BCUT2D eigenvalue weighted by Gasteiger charge is -2.17. The van der Waals surface area contributed by atoms with E-state index in [9.17, 15) is 0 Å². The van der Waals surface area contributed by atoms with Gasteiger partial charge < -0.3 is 5.32 Å². The monoisotopic (exact) mass is 232 g/mol. The van der Waals surface area contributed by atoms with Gasteiger partial charge in [-0.15, -0.1) is 6.58 Å². The van der Waals surface area contributed by atoms with E-state index in [2.05, 4.69) is 35.9 Å². The van der Waals surface area contributed by atoms with Crippen LogP contribution in [-0.2, 0) is 0 Å². The van der Waals surface area contributed by atoms with Crippen LogP contribution in [0, 0.1) is 0 Å². The highest BCUT2D eigenvalue weighted by Crippen LogP contribution is 2.17. The first-order chi connectivity index (χ1) is 8.38. The smallest absolute Gasteiger partial charge is 0.0573 e. The van der Waals surface area contributed by atoms with Crippen LogP contribution in [-0.4, -0.2) is 11.5 Å². The second kappa shape index (κ2) is 8.94. The Kier molecular flexibility index (Phi) is 7.32. The van der Waals surface area contributed by atoms with Crippen LogP contribution in [0.3, 0.4) is 0 Å². The van der Waals surface area contributed by atoms with E-state index in [-0.39, 0.29) is 0 Å². The Balaban J connectivity index is 2.36. The Morgan fingerprint density at radius 1 is 1.35 bits per heavy atom. The molecule has 17 heavy (non-hydrogen) atoms. The molecule has 0 aliphatic heterocycles. The van der Waals surface area contributed by atoms with Crippen LogP contribution in [0.5, 0.6) is 0 Å². The number of hydrogen-bond donors (Lipinski definition) is 1. The van der Waals surface area contributed by atoms with E-state index in [4.69, 9.17) is 0 Å². The molecule has 1 aromatic rings. The van der Waals surface area contributed by atoms with Crippen molar-refractivity contribution in [2.24, 2.45) is 0 Å². The number of aromatic nitrogens is 1. The summed E-state index contributed by atoms with van der Waals surface area (Å²) < 4.78 is 0. The minimum atomic E-state index is 0.407. The molecule has 0 aliphatic carbocycles. The molecular weight excluding hydrogens is 208 g/mol. The maximum Gasteiger partial charge on any atom is 0.0573 e. The molecule has 2 heteroatoms. The number of rotatable bonds is 9. The third kappa shape index (κ3) is 5.64. The first kappa shape index (κ1) is 13.9. The highest BCUT2D eigenvalue weighted by Gasteiger charge is 2.10. The average molecular weight is 232 g/mol. The van der Waals surface area contributed by atoms with Gasteiger partial charge in [-0.2, -0.15) is 0 Å². The van der Waals surface area contributed by atoms with Gasteiger partial charge in [-0.1, -0.05) is 31.9 Å². The van der Waals surface area contributed by atoms with Gasteiger partial charge in [0, 0.05) is 12.2 Å². The lowest BCUT2D eigenvalue weighted by Crippen LogP contribution is -2.21. The van der Waals surface area contributed by atoms with Crippen LogP contribution >= 0.6 is 0 Å². The summed E-state index contributed by atoms with van der Waals surface area (Å²) in [6.45, 7) is 6.89. The van der Waals surface area contributed by atoms with Crippen LogP contribution in [0.15, 0.2) is 37.1 Å². The van der Waals surface area contributed by atoms with Gasteiger partial charge in [-0.25, -0.2) is 0 Å². The molecule has 0 bridgehead atoms. The molecule has 0 aliphatic rings. The maximum absolute atomic E-state index is 4.43. The summed E-state index contributed by atoms with van der Waals surface area (Å²) in [5, 5.41) is 3.51.